The molecule has 27 heavy (non-hydrogen) atoms. The van der Waals surface area contributed by atoms with Crippen molar-refractivity contribution in [3.63, 3.8) is 0 Å². The molecule has 0 spiro atoms. The van der Waals surface area contributed by atoms with Gasteiger partial charge in [-0.3, -0.25) is 4.79 Å². The number of carbonyl (C=O) groups is 1. The number of hydrogen-bond donors (Lipinski definition) is 1. The molecule has 1 atom stereocenters. The minimum absolute atomic E-state index is 0.0399. The molecule has 0 radical (unpaired) electrons. The van der Waals surface area contributed by atoms with Gasteiger partial charge in [-0.2, -0.15) is 0 Å². The molecular weight excluding hydrogens is 428 g/mol. The Balaban J connectivity index is 1.86. The molecule has 4 rings (SSSR count). The third-order valence-electron chi connectivity index (χ3n) is 4.82. The van der Waals surface area contributed by atoms with Gasteiger partial charge in [-0.15, -0.1) is 0 Å². The molecule has 1 unspecified atom stereocenters. The van der Waals surface area contributed by atoms with E-state index in [1.54, 1.807) is 7.11 Å². The van der Waals surface area contributed by atoms with Crippen LogP contribution in [0.5, 0.6) is 0 Å². The maximum absolute atomic E-state index is 12.7. The standard InChI is InChI=1S/C19H19BrN4O2S/c1-26-10-16(25)24-6-5-13-14-7-12(20)3-4-15(14)23-17(13)18(24)11-8-21-19(27-2)22-9-11/h3-4,7-9,18,23H,5-6,10H2,1-2H3. The average Bonchev–Trinajstić information content (AvgIpc) is 3.05. The topological polar surface area (TPSA) is 71.1 Å². The van der Waals surface area contributed by atoms with E-state index in [1.165, 1.54) is 22.7 Å². The second-order valence-electron chi connectivity index (χ2n) is 6.38. The van der Waals surface area contributed by atoms with E-state index in [0.717, 1.165) is 27.7 Å². The van der Waals surface area contributed by atoms with Crippen LogP contribution in [0.15, 0.2) is 40.2 Å². The van der Waals surface area contributed by atoms with Gasteiger partial charge < -0.3 is 14.6 Å². The fourth-order valence-corrected chi connectivity index (χ4v) is 4.33. The van der Waals surface area contributed by atoms with Gasteiger partial charge in [0.25, 0.3) is 0 Å². The summed E-state index contributed by atoms with van der Waals surface area (Å²) < 4.78 is 6.14. The van der Waals surface area contributed by atoms with Crippen molar-refractivity contribution >= 4 is 44.5 Å². The third-order valence-corrected chi connectivity index (χ3v) is 5.89. The first-order valence-electron chi connectivity index (χ1n) is 8.56. The van der Waals surface area contributed by atoms with Crippen LogP contribution in [-0.2, 0) is 16.0 Å². The van der Waals surface area contributed by atoms with Crippen LogP contribution in [0.4, 0.5) is 0 Å². The van der Waals surface area contributed by atoms with Crippen molar-refractivity contribution in [2.45, 2.75) is 17.6 Å². The number of rotatable bonds is 4. The van der Waals surface area contributed by atoms with Gasteiger partial charge in [0.1, 0.15) is 12.6 Å². The number of aromatic nitrogens is 3. The molecule has 0 fully saturated rings. The molecule has 140 valence electrons. The molecule has 1 aliphatic rings. The number of benzene rings is 1. The summed E-state index contributed by atoms with van der Waals surface area (Å²) in [4.78, 5) is 26.9. The van der Waals surface area contributed by atoms with Crippen LogP contribution in [0.1, 0.15) is 22.9 Å². The zero-order valence-electron chi connectivity index (χ0n) is 15.0. The number of halogens is 1. The third kappa shape index (κ3) is 3.37. The van der Waals surface area contributed by atoms with Crippen molar-refractivity contribution in [2.24, 2.45) is 0 Å². The molecule has 1 N–H and O–H groups in total. The molecule has 2 aromatic heterocycles. The molecule has 0 aliphatic carbocycles. The Bertz CT molecular complexity index is 989. The number of hydrogen-bond acceptors (Lipinski definition) is 5. The minimum atomic E-state index is -0.251. The second kappa shape index (κ2) is 7.61. The Morgan fingerprint density at radius 2 is 2.19 bits per heavy atom. The van der Waals surface area contributed by atoms with E-state index < -0.39 is 0 Å². The number of amides is 1. The summed E-state index contributed by atoms with van der Waals surface area (Å²) >= 11 is 5.05. The Morgan fingerprint density at radius 1 is 1.41 bits per heavy atom. The van der Waals surface area contributed by atoms with Gasteiger partial charge in [0.15, 0.2) is 5.16 Å². The van der Waals surface area contributed by atoms with Crippen molar-refractivity contribution in [3.05, 3.63) is 51.9 Å². The molecular formula is C19H19BrN4O2S. The number of H-pyrrole nitrogens is 1. The molecule has 0 bridgehead atoms. The van der Waals surface area contributed by atoms with E-state index in [-0.39, 0.29) is 18.6 Å². The lowest BCUT2D eigenvalue weighted by Crippen LogP contribution is -2.42. The highest BCUT2D eigenvalue weighted by atomic mass is 79.9. The first-order valence-corrected chi connectivity index (χ1v) is 10.6. The van der Waals surface area contributed by atoms with Crippen molar-refractivity contribution in [2.75, 3.05) is 26.5 Å². The largest absolute Gasteiger partial charge is 0.375 e. The normalized spacial score (nSPS) is 16.6. The van der Waals surface area contributed by atoms with E-state index in [9.17, 15) is 4.79 Å². The van der Waals surface area contributed by atoms with Crippen molar-refractivity contribution < 1.29 is 9.53 Å². The van der Waals surface area contributed by atoms with Crippen LogP contribution in [-0.4, -0.2) is 52.3 Å². The minimum Gasteiger partial charge on any atom is -0.375 e. The Hall–Kier alpha value is -1.90. The van der Waals surface area contributed by atoms with Gasteiger partial charge >= 0.3 is 0 Å². The van der Waals surface area contributed by atoms with Crippen LogP contribution in [0, 0.1) is 0 Å². The SMILES string of the molecule is COCC(=O)N1CCc2c([nH]c3ccc(Br)cc23)C1c1cnc(SC)nc1. The maximum atomic E-state index is 12.7. The van der Waals surface area contributed by atoms with Crippen LogP contribution >= 0.6 is 27.7 Å². The van der Waals surface area contributed by atoms with Crippen molar-refractivity contribution in [3.8, 4) is 0 Å². The van der Waals surface area contributed by atoms with Gasteiger partial charge in [-0.05, 0) is 36.4 Å². The lowest BCUT2D eigenvalue weighted by atomic mass is 9.93. The highest BCUT2D eigenvalue weighted by Crippen LogP contribution is 2.39. The summed E-state index contributed by atoms with van der Waals surface area (Å²) in [5.41, 5.74) is 4.23. The van der Waals surface area contributed by atoms with E-state index in [0.29, 0.717) is 11.7 Å². The molecule has 1 aromatic carbocycles. The fourth-order valence-electron chi connectivity index (χ4n) is 3.66. The Labute approximate surface area is 169 Å². The van der Waals surface area contributed by atoms with Gasteiger partial charge in [0, 0.05) is 52.7 Å². The number of methoxy groups -OCH3 is 1. The first kappa shape index (κ1) is 18.5. The monoisotopic (exact) mass is 446 g/mol. The molecule has 6 nitrogen and oxygen atoms in total. The number of aromatic amines is 1. The molecule has 3 heterocycles. The van der Waals surface area contributed by atoms with Crippen LogP contribution in [0.25, 0.3) is 10.9 Å². The lowest BCUT2D eigenvalue weighted by Gasteiger charge is -2.35. The average molecular weight is 447 g/mol. The number of fused-ring (bicyclic) bond motifs is 3. The predicted molar refractivity (Wildman–Crippen MR) is 109 cm³/mol. The molecule has 0 saturated carbocycles. The zero-order valence-corrected chi connectivity index (χ0v) is 17.4. The number of carbonyl (C=O) groups excluding carboxylic acids is 1. The summed E-state index contributed by atoms with van der Waals surface area (Å²) in [6.45, 7) is 0.685. The van der Waals surface area contributed by atoms with E-state index in [2.05, 4.69) is 43.0 Å². The highest BCUT2D eigenvalue weighted by Gasteiger charge is 2.34. The second-order valence-corrected chi connectivity index (χ2v) is 8.07. The van der Waals surface area contributed by atoms with Crippen LogP contribution < -0.4 is 0 Å². The first-order chi connectivity index (χ1) is 13.1. The highest BCUT2D eigenvalue weighted by molar-refractivity contribution is 9.10. The van der Waals surface area contributed by atoms with Crippen LogP contribution in [0.2, 0.25) is 0 Å². The molecule has 1 aliphatic heterocycles. The van der Waals surface area contributed by atoms with Crippen LogP contribution in [0.3, 0.4) is 0 Å². The summed E-state index contributed by atoms with van der Waals surface area (Å²) in [7, 11) is 1.54. The number of nitrogens with zero attached hydrogens (tertiary/aromatic N) is 3. The summed E-state index contributed by atoms with van der Waals surface area (Å²) in [6, 6.07) is 5.95. The molecule has 0 saturated heterocycles. The molecule has 3 aromatic rings. The lowest BCUT2D eigenvalue weighted by molar-refractivity contribution is -0.137. The number of nitrogens with one attached hydrogen (secondary N) is 1. The Morgan fingerprint density at radius 3 is 2.89 bits per heavy atom. The van der Waals surface area contributed by atoms with Crippen molar-refractivity contribution in [1.29, 1.82) is 0 Å². The molecule has 1 amide bonds. The quantitative estimate of drug-likeness (QED) is 0.489. The summed E-state index contributed by atoms with van der Waals surface area (Å²) in [6.07, 6.45) is 6.36. The van der Waals surface area contributed by atoms with Crippen molar-refractivity contribution in [1.82, 2.24) is 19.9 Å². The smallest absolute Gasteiger partial charge is 0.249 e. The predicted octanol–water partition coefficient (Wildman–Crippen LogP) is 3.56. The zero-order chi connectivity index (χ0) is 19.0. The summed E-state index contributed by atoms with van der Waals surface area (Å²) in [5, 5.41) is 1.90. The number of thioether (sulfide) groups is 1. The maximum Gasteiger partial charge on any atom is 0.249 e. The van der Waals surface area contributed by atoms with E-state index >= 15 is 0 Å². The van der Waals surface area contributed by atoms with Gasteiger partial charge in [-0.25, -0.2) is 9.97 Å². The number of ether oxygens (including phenoxy) is 1. The van der Waals surface area contributed by atoms with E-state index in [1.807, 2.05) is 29.6 Å². The molecule has 8 heteroatoms. The fraction of sp³-hybridized carbons (Fsp3) is 0.316. The Kier molecular flexibility index (Phi) is 5.21. The van der Waals surface area contributed by atoms with Gasteiger partial charge in [0.2, 0.25) is 5.91 Å². The summed E-state index contributed by atoms with van der Waals surface area (Å²) in [5.74, 6) is -0.0399. The van der Waals surface area contributed by atoms with E-state index in [4.69, 9.17) is 4.74 Å². The van der Waals surface area contributed by atoms with Gasteiger partial charge in [-0.1, -0.05) is 27.7 Å². The van der Waals surface area contributed by atoms with Gasteiger partial charge in [0.05, 0.1) is 0 Å².